The Labute approximate surface area is 112 Å². The zero-order chi connectivity index (χ0) is 14.6. The third-order valence-electron chi connectivity index (χ3n) is 2.46. The van der Waals surface area contributed by atoms with Gasteiger partial charge in [-0.25, -0.2) is 4.98 Å². The minimum atomic E-state index is -1.09. The van der Waals surface area contributed by atoms with Crippen molar-refractivity contribution in [3.63, 3.8) is 0 Å². The number of carbonyl (C=O) groups is 1. The van der Waals surface area contributed by atoms with Crippen LogP contribution in [0.5, 0.6) is 0 Å². The van der Waals surface area contributed by atoms with E-state index in [0.29, 0.717) is 0 Å². The van der Waals surface area contributed by atoms with Crippen LogP contribution in [0.4, 0.5) is 11.5 Å². The summed E-state index contributed by atoms with van der Waals surface area (Å²) in [6, 6.07) is 1.14. The Morgan fingerprint density at radius 2 is 2.32 bits per heavy atom. The number of hydrogen-bond donors (Lipinski definition) is 2. The molecule has 1 rings (SSSR count). The van der Waals surface area contributed by atoms with Crippen LogP contribution in [0.15, 0.2) is 12.3 Å². The van der Waals surface area contributed by atoms with Gasteiger partial charge in [-0.15, -0.1) is 0 Å². The Hall–Kier alpha value is -2.03. The van der Waals surface area contributed by atoms with E-state index in [1.165, 1.54) is 6.26 Å². The van der Waals surface area contributed by atoms with E-state index in [0.717, 1.165) is 12.3 Å². The maximum atomic E-state index is 11.9. The first-order valence-corrected chi connectivity index (χ1v) is 6.95. The Morgan fingerprint density at radius 3 is 2.84 bits per heavy atom. The Morgan fingerprint density at radius 1 is 1.68 bits per heavy atom. The molecule has 19 heavy (non-hydrogen) atoms. The van der Waals surface area contributed by atoms with E-state index in [2.05, 4.69) is 10.3 Å². The monoisotopic (exact) mass is 286 g/mol. The molecule has 104 valence electrons. The lowest BCUT2D eigenvalue weighted by Crippen LogP contribution is -2.33. The van der Waals surface area contributed by atoms with Gasteiger partial charge in [0.1, 0.15) is 17.6 Å². The van der Waals surface area contributed by atoms with Crippen LogP contribution in [-0.4, -0.2) is 38.1 Å². The molecule has 0 aliphatic carbocycles. The molecule has 3 N–H and O–H groups in total. The lowest BCUT2D eigenvalue weighted by Gasteiger charge is -2.10. The molecule has 8 nitrogen and oxygen atoms in total. The third-order valence-corrected chi connectivity index (χ3v) is 3.76. The predicted octanol–water partition coefficient (Wildman–Crippen LogP) is 0.0688. The minimum Gasteiger partial charge on any atom is -0.384 e. The molecule has 0 saturated carbocycles. The Bertz CT molecular complexity index is 534. The smallest absolute Gasteiger partial charge is 0.300 e. The lowest BCUT2D eigenvalue weighted by atomic mass is 10.2. The third kappa shape index (κ3) is 3.98. The molecular formula is C10H14N4O4S. The first-order chi connectivity index (χ1) is 8.82. The van der Waals surface area contributed by atoms with E-state index in [1.807, 2.05) is 0 Å². The van der Waals surface area contributed by atoms with E-state index in [-0.39, 0.29) is 23.2 Å². The second-order valence-electron chi connectivity index (χ2n) is 3.90. The van der Waals surface area contributed by atoms with E-state index < -0.39 is 27.3 Å². The van der Waals surface area contributed by atoms with Gasteiger partial charge in [0.25, 0.3) is 11.6 Å². The maximum Gasteiger partial charge on any atom is 0.300 e. The van der Waals surface area contributed by atoms with Gasteiger partial charge in [-0.2, -0.15) is 0 Å². The first-order valence-electron chi connectivity index (χ1n) is 5.33. The molecule has 0 saturated heterocycles. The average Bonchev–Trinajstić information content (AvgIpc) is 2.34. The van der Waals surface area contributed by atoms with Crippen molar-refractivity contribution in [2.45, 2.75) is 12.2 Å². The van der Waals surface area contributed by atoms with Gasteiger partial charge in [0, 0.05) is 28.9 Å². The van der Waals surface area contributed by atoms with Crippen LogP contribution in [0, 0.1) is 10.1 Å². The van der Waals surface area contributed by atoms with Gasteiger partial charge in [0.15, 0.2) is 0 Å². The predicted molar refractivity (Wildman–Crippen MR) is 71.2 cm³/mol. The molecule has 9 heteroatoms. The number of nitrogens with one attached hydrogen (secondary N) is 1. The van der Waals surface area contributed by atoms with Crippen molar-refractivity contribution in [2.75, 3.05) is 18.5 Å². The fourth-order valence-electron chi connectivity index (χ4n) is 1.24. The summed E-state index contributed by atoms with van der Waals surface area (Å²) in [5.74, 6) is -0.624. The second-order valence-corrected chi connectivity index (χ2v) is 5.70. The molecule has 0 bridgehead atoms. The Balaban J connectivity index is 2.90. The van der Waals surface area contributed by atoms with Gasteiger partial charge in [0.2, 0.25) is 0 Å². The van der Waals surface area contributed by atoms with Crippen molar-refractivity contribution < 1.29 is 13.9 Å². The summed E-state index contributed by atoms with van der Waals surface area (Å²) in [7, 11) is -1.09. The fraction of sp³-hybridized carbons (Fsp3) is 0.400. The van der Waals surface area contributed by atoms with Crippen molar-refractivity contribution in [2.24, 2.45) is 0 Å². The number of nitrogens with zero attached hydrogens (tertiary/aromatic N) is 2. The van der Waals surface area contributed by atoms with Gasteiger partial charge in [-0.3, -0.25) is 19.1 Å². The number of hydrogen-bond acceptors (Lipinski definition) is 6. The largest absolute Gasteiger partial charge is 0.384 e. The maximum absolute atomic E-state index is 11.9. The summed E-state index contributed by atoms with van der Waals surface area (Å²) < 4.78 is 11.1. The van der Waals surface area contributed by atoms with Crippen LogP contribution in [-0.2, 0) is 10.8 Å². The van der Waals surface area contributed by atoms with Crippen LogP contribution in [0.2, 0.25) is 0 Å². The zero-order valence-electron chi connectivity index (χ0n) is 10.5. The highest BCUT2D eigenvalue weighted by atomic mass is 32.2. The zero-order valence-corrected chi connectivity index (χ0v) is 11.3. The van der Waals surface area contributed by atoms with Crippen molar-refractivity contribution >= 4 is 28.2 Å². The number of nitro groups is 1. The van der Waals surface area contributed by atoms with Gasteiger partial charge >= 0.3 is 0 Å². The molecule has 1 aromatic heterocycles. The number of nitrogens with two attached hydrogens (primary N) is 1. The fourth-order valence-corrected chi connectivity index (χ4v) is 1.56. The number of pyridine rings is 1. The number of rotatable bonds is 5. The van der Waals surface area contributed by atoms with Crippen LogP contribution in [0.25, 0.3) is 0 Å². The summed E-state index contributed by atoms with van der Waals surface area (Å²) in [4.78, 5) is 25.5. The van der Waals surface area contributed by atoms with Crippen molar-refractivity contribution in [1.82, 2.24) is 10.3 Å². The molecular weight excluding hydrogens is 272 g/mol. The number of anilines is 1. The Kier molecular flexibility index (Phi) is 4.93. The number of aromatic nitrogens is 1. The topological polar surface area (TPSA) is 128 Å². The summed E-state index contributed by atoms with van der Waals surface area (Å²) in [5.41, 5.74) is 4.83. The average molecular weight is 286 g/mol. The van der Waals surface area contributed by atoms with E-state index in [4.69, 9.17) is 5.73 Å². The molecule has 0 aromatic carbocycles. The highest BCUT2D eigenvalue weighted by Gasteiger charge is 2.21. The van der Waals surface area contributed by atoms with E-state index >= 15 is 0 Å². The minimum absolute atomic E-state index is 0.0165. The first kappa shape index (κ1) is 15.0. The quantitative estimate of drug-likeness (QED) is 0.582. The second kappa shape index (κ2) is 6.23. The van der Waals surface area contributed by atoms with Gasteiger partial charge < -0.3 is 11.1 Å². The highest BCUT2D eigenvalue weighted by molar-refractivity contribution is 7.84. The molecule has 0 fully saturated rings. The number of amides is 1. The molecule has 2 unspecified atom stereocenters. The summed E-state index contributed by atoms with van der Waals surface area (Å²) >= 11 is 0. The molecule has 0 aliphatic heterocycles. The van der Waals surface area contributed by atoms with E-state index in [1.54, 1.807) is 6.92 Å². The molecule has 0 aliphatic rings. The van der Waals surface area contributed by atoms with E-state index in [9.17, 15) is 19.1 Å². The van der Waals surface area contributed by atoms with Crippen LogP contribution in [0.1, 0.15) is 17.3 Å². The summed E-state index contributed by atoms with van der Waals surface area (Å²) in [6.45, 7) is 1.85. The van der Waals surface area contributed by atoms with Crippen LogP contribution in [0.3, 0.4) is 0 Å². The molecule has 2 atom stereocenters. The molecule has 1 aromatic rings. The highest BCUT2D eigenvalue weighted by Crippen LogP contribution is 2.18. The SMILES string of the molecule is CC(CNC(=O)c1cc(N)ncc1[N+](=O)[O-])S(C)=O. The molecule has 1 heterocycles. The van der Waals surface area contributed by atoms with Crippen molar-refractivity contribution in [3.05, 3.63) is 27.9 Å². The van der Waals surface area contributed by atoms with Crippen LogP contribution >= 0.6 is 0 Å². The van der Waals surface area contributed by atoms with Crippen molar-refractivity contribution in [1.29, 1.82) is 0 Å². The molecule has 0 radical (unpaired) electrons. The number of nitrogen functional groups attached to an aromatic ring is 1. The lowest BCUT2D eigenvalue weighted by molar-refractivity contribution is -0.385. The number of carbonyl (C=O) groups excluding carboxylic acids is 1. The van der Waals surface area contributed by atoms with Gasteiger partial charge in [-0.05, 0) is 13.0 Å². The van der Waals surface area contributed by atoms with Gasteiger partial charge in [0.05, 0.1) is 4.92 Å². The summed E-state index contributed by atoms with van der Waals surface area (Å²) in [6.07, 6.45) is 2.45. The summed E-state index contributed by atoms with van der Waals surface area (Å²) in [5, 5.41) is 13.0. The molecule has 0 spiro atoms. The van der Waals surface area contributed by atoms with Crippen molar-refractivity contribution in [3.8, 4) is 0 Å². The normalized spacial score (nSPS) is 13.6. The molecule has 1 amide bonds. The van der Waals surface area contributed by atoms with Crippen LogP contribution < -0.4 is 11.1 Å². The standard InChI is InChI=1S/C10H14N4O4S/c1-6(19(2)18)4-13-10(15)7-3-9(11)12-5-8(7)14(16)17/h3,5-6H,4H2,1-2H3,(H2,11,12)(H,13,15). The van der Waals surface area contributed by atoms with Gasteiger partial charge in [-0.1, -0.05) is 0 Å².